The molecule has 2 N–H and O–H groups in total. The van der Waals surface area contributed by atoms with Gasteiger partial charge in [0, 0.05) is 6.04 Å². The molecule has 0 bridgehead atoms. The molecule has 1 unspecified atom stereocenters. The molecule has 0 saturated heterocycles. The number of halogens is 2. The predicted molar refractivity (Wildman–Crippen MR) is 75.2 cm³/mol. The van der Waals surface area contributed by atoms with Crippen molar-refractivity contribution in [1.29, 1.82) is 0 Å². The van der Waals surface area contributed by atoms with Crippen LogP contribution in [0.3, 0.4) is 0 Å². The molecule has 0 radical (unpaired) electrons. The quantitative estimate of drug-likeness (QED) is 0.772. The molecule has 1 rings (SSSR count). The SMILES string of the molecule is CC(C)COc1ccc(C(C)NCC(F)(F)CO)cc1. The summed E-state index contributed by atoms with van der Waals surface area (Å²) < 4.78 is 31.4. The Balaban J connectivity index is 2.51. The van der Waals surface area contributed by atoms with Gasteiger partial charge in [0.15, 0.2) is 0 Å². The van der Waals surface area contributed by atoms with E-state index >= 15 is 0 Å². The van der Waals surface area contributed by atoms with Crippen LogP contribution in [0, 0.1) is 5.92 Å². The van der Waals surface area contributed by atoms with Crippen LogP contribution in [0.15, 0.2) is 24.3 Å². The number of ether oxygens (including phenoxy) is 1. The minimum Gasteiger partial charge on any atom is -0.493 e. The Kier molecular flexibility index (Phi) is 6.36. The number of benzene rings is 1. The van der Waals surface area contributed by atoms with E-state index in [9.17, 15) is 8.78 Å². The first kappa shape index (κ1) is 16.9. The van der Waals surface area contributed by atoms with E-state index in [2.05, 4.69) is 19.2 Å². The van der Waals surface area contributed by atoms with Crippen LogP contribution < -0.4 is 10.1 Å². The Hall–Kier alpha value is -1.20. The number of aliphatic hydroxyl groups excluding tert-OH is 1. The van der Waals surface area contributed by atoms with Crippen LogP contribution in [-0.4, -0.2) is 30.8 Å². The molecule has 0 amide bonds. The van der Waals surface area contributed by atoms with Gasteiger partial charge in [-0.15, -0.1) is 0 Å². The largest absolute Gasteiger partial charge is 0.493 e. The summed E-state index contributed by atoms with van der Waals surface area (Å²) in [6.45, 7) is 4.90. The molecule has 0 aliphatic heterocycles. The summed E-state index contributed by atoms with van der Waals surface area (Å²) in [4.78, 5) is 0. The molecule has 1 aromatic carbocycles. The topological polar surface area (TPSA) is 41.5 Å². The van der Waals surface area contributed by atoms with Gasteiger partial charge in [-0.3, -0.25) is 0 Å². The van der Waals surface area contributed by atoms with Gasteiger partial charge in [-0.05, 0) is 30.5 Å². The van der Waals surface area contributed by atoms with Crippen molar-refractivity contribution in [3.63, 3.8) is 0 Å². The zero-order valence-electron chi connectivity index (χ0n) is 12.2. The van der Waals surface area contributed by atoms with E-state index in [0.717, 1.165) is 11.3 Å². The van der Waals surface area contributed by atoms with Crippen molar-refractivity contribution in [2.45, 2.75) is 32.7 Å². The molecule has 0 aromatic heterocycles. The van der Waals surface area contributed by atoms with Crippen molar-refractivity contribution in [1.82, 2.24) is 5.32 Å². The van der Waals surface area contributed by atoms with E-state index in [1.807, 2.05) is 24.3 Å². The third-order valence-electron chi connectivity index (χ3n) is 2.86. The summed E-state index contributed by atoms with van der Waals surface area (Å²) >= 11 is 0. The lowest BCUT2D eigenvalue weighted by Gasteiger charge is -2.19. The summed E-state index contributed by atoms with van der Waals surface area (Å²) in [5, 5.41) is 11.2. The minimum atomic E-state index is -3.09. The van der Waals surface area contributed by atoms with Gasteiger partial charge in [-0.2, -0.15) is 0 Å². The maximum Gasteiger partial charge on any atom is 0.282 e. The van der Waals surface area contributed by atoms with Gasteiger partial charge in [-0.25, -0.2) is 8.78 Å². The van der Waals surface area contributed by atoms with Crippen LogP contribution in [-0.2, 0) is 0 Å². The number of alkyl halides is 2. The van der Waals surface area contributed by atoms with Crippen LogP contribution in [0.5, 0.6) is 5.75 Å². The van der Waals surface area contributed by atoms with Gasteiger partial charge in [0.25, 0.3) is 5.92 Å². The van der Waals surface area contributed by atoms with Crippen LogP contribution >= 0.6 is 0 Å². The molecule has 1 aromatic rings. The third kappa shape index (κ3) is 5.84. The summed E-state index contributed by atoms with van der Waals surface area (Å²) in [5.74, 6) is -1.86. The molecule has 0 aliphatic carbocycles. The van der Waals surface area contributed by atoms with Gasteiger partial charge in [-0.1, -0.05) is 26.0 Å². The highest BCUT2D eigenvalue weighted by atomic mass is 19.3. The lowest BCUT2D eigenvalue weighted by Crippen LogP contribution is -2.37. The summed E-state index contributed by atoms with van der Waals surface area (Å²) in [7, 11) is 0. The molecule has 0 fully saturated rings. The van der Waals surface area contributed by atoms with E-state index in [-0.39, 0.29) is 6.04 Å². The standard InChI is InChI=1S/C15H23F2NO2/c1-11(2)8-20-14-6-4-13(5-7-14)12(3)18-9-15(16,17)10-19/h4-7,11-12,18-19H,8-10H2,1-3H3. The van der Waals surface area contributed by atoms with Gasteiger partial charge in [0.2, 0.25) is 0 Å². The average molecular weight is 287 g/mol. The molecular formula is C15H23F2NO2. The number of hydrogen-bond acceptors (Lipinski definition) is 3. The maximum absolute atomic E-state index is 12.9. The Morgan fingerprint density at radius 3 is 2.30 bits per heavy atom. The van der Waals surface area contributed by atoms with Crippen molar-refractivity contribution in [3.8, 4) is 5.75 Å². The average Bonchev–Trinajstić information content (AvgIpc) is 2.43. The Morgan fingerprint density at radius 1 is 1.20 bits per heavy atom. The lowest BCUT2D eigenvalue weighted by molar-refractivity contribution is -0.0490. The van der Waals surface area contributed by atoms with E-state index in [4.69, 9.17) is 9.84 Å². The summed E-state index contributed by atoms with van der Waals surface area (Å²) in [6, 6.07) is 7.15. The highest BCUT2D eigenvalue weighted by Crippen LogP contribution is 2.19. The highest BCUT2D eigenvalue weighted by Gasteiger charge is 2.27. The lowest BCUT2D eigenvalue weighted by atomic mass is 10.1. The van der Waals surface area contributed by atoms with Gasteiger partial charge in [0.05, 0.1) is 13.2 Å². The number of aliphatic hydroxyl groups is 1. The first-order valence-corrected chi connectivity index (χ1v) is 6.79. The molecule has 5 heteroatoms. The number of rotatable bonds is 8. The molecule has 3 nitrogen and oxygen atoms in total. The molecule has 1 atom stereocenters. The Morgan fingerprint density at radius 2 is 1.80 bits per heavy atom. The summed E-state index contributed by atoms with van der Waals surface area (Å²) in [5.41, 5.74) is 0.899. The molecular weight excluding hydrogens is 264 g/mol. The first-order valence-electron chi connectivity index (χ1n) is 6.79. The zero-order valence-corrected chi connectivity index (χ0v) is 12.2. The van der Waals surface area contributed by atoms with E-state index in [0.29, 0.717) is 12.5 Å². The molecule has 0 spiro atoms. The zero-order chi connectivity index (χ0) is 15.2. The smallest absolute Gasteiger partial charge is 0.282 e. The van der Waals surface area contributed by atoms with Crippen molar-refractivity contribution >= 4 is 0 Å². The van der Waals surface area contributed by atoms with Crippen molar-refractivity contribution < 1.29 is 18.6 Å². The summed E-state index contributed by atoms with van der Waals surface area (Å²) in [6.07, 6.45) is 0. The molecule has 0 saturated carbocycles. The second-order valence-corrected chi connectivity index (χ2v) is 5.39. The molecule has 0 aliphatic rings. The minimum absolute atomic E-state index is 0.216. The molecule has 20 heavy (non-hydrogen) atoms. The molecule has 114 valence electrons. The fourth-order valence-electron chi connectivity index (χ4n) is 1.59. The first-order chi connectivity index (χ1) is 9.34. The van der Waals surface area contributed by atoms with Crippen LogP contribution in [0.25, 0.3) is 0 Å². The highest BCUT2D eigenvalue weighted by molar-refractivity contribution is 5.29. The van der Waals surface area contributed by atoms with Crippen LogP contribution in [0.2, 0.25) is 0 Å². The second kappa shape index (κ2) is 7.55. The Labute approximate surface area is 119 Å². The van der Waals surface area contributed by atoms with Crippen LogP contribution in [0.4, 0.5) is 8.78 Å². The molecule has 0 heterocycles. The van der Waals surface area contributed by atoms with E-state index in [1.165, 1.54) is 0 Å². The number of nitrogens with one attached hydrogen (secondary N) is 1. The van der Waals surface area contributed by atoms with Crippen LogP contribution in [0.1, 0.15) is 32.4 Å². The third-order valence-corrected chi connectivity index (χ3v) is 2.86. The fourth-order valence-corrected chi connectivity index (χ4v) is 1.59. The van der Waals surface area contributed by atoms with E-state index < -0.39 is 19.1 Å². The maximum atomic E-state index is 12.9. The van der Waals surface area contributed by atoms with E-state index in [1.54, 1.807) is 6.92 Å². The van der Waals surface area contributed by atoms with Crippen molar-refractivity contribution in [2.24, 2.45) is 5.92 Å². The number of hydrogen-bond donors (Lipinski definition) is 2. The Bertz CT molecular complexity index is 393. The predicted octanol–water partition coefficient (Wildman–Crippen LogP) is 3.00. The van der Waals surface area contributed by atoms with Crippen molar-refractivity contribution in [2.75, 3.05) is 19.8 Å². The monoisotopic (exact) mass is 287 g/mol. The second-order valence-electron chi connectivity index (χ2n) is 5.39. The van der Waals surface area contributed by atoms with Gasteiger partial charge < -0.3 is 15.2 Å². The van der Waals surface area contributed by atoms with Gasteiger partial charge in [0.1, 0.15) is 12.4 Å². The van der Waals surface area contributed by atoms with Crippen molar-refractivity contribution in [3.05, 3.63) is 29.8 Å². The van der Waals surface area contributed by atoms with Gasteiger partial charge >= 0.3 is 0 Å². The normalized spacial score (nSPS) is 13.6. The fraction of sp³-hybridized carbons (Fsp3) is 0.600.